The Morgan fingerprint density at radius 2 is 2.29 bits per heavy atom. The number of fused-ring (bicyclic) bond motifs is 1. The van der Waals surface area contributed by atoms with Crippen LogP contribution in [0.3, 0.4) is 0 Å². The minimum atomic E-state index is 0.207. The smallest absolute Gasteiger partial charge is 0.124 e. The highest BCUT2D eigenvalue weighted by Gasteiger charge is 2.09. The Morgan fingerprint density at radius 1 is 1.50 bits per heavy atom. The van der Waals surface area contributed by atoms with Gasteiger partial charge in [0.1, 0.15) is 11.3 Å². The van der Waals surface area contributed by atoms with E-state index in [0.717, 1.165) is 16.9 Å². The quantitative estimate of drug-likeness (QED) is 0.798. The summed E-state index contributed by atoms with van der Waals surface area (Å²) in [7, 11) is 1.90. The van der Waals surface area contributed by atoms with E-state index in [1.165, 1.54) is 0 Å². The summed E-state index contributed by atoms with van der Waals surface area (Å²) in [5.74, 6) is 0.913. The molecule has 2 N–H and O–H groups in total. The number of hydrogen-bond acceptors (Lipinski definition) is 2. The van der Waals surface area contributed by atoms with Gasteiger partial charge in [-0.2, -0.15) is 0 Å². The molecule has 0 aliphatic carbocycles. The number of benzene rings is 1. The molecule has 0 bridgehead atoms. The molecule has 1 atom stereocenters. The standard InChI is InChI=1S/C10H12ClN3/c1-6(12-2)10-13-8-5-3-4-7(11)9(8)14-10/h3-6,12H,1-2H3,(H,13,14). The Labute approximate surface area is 87.5 Å². The zero-order chi connectivity index (χ0) is 10.1. The highest BCUT2D eigenvalue weighted by molar-refractivity contribution is 6.34. The molecule has 74 valence electrons. The lowest BCUT2D eigenvalue weighted by Crippen LogP contribution is -2.13. The van der Waals surface area contributed by atoms with Gasteiger partial charge in [0.2, 0.25) is 0 Å². The van der Waals surface area contributed by atoms with Gasteiger partial charge in [0.15, 0.2) is 0 Å². The van der Waals surface area contributed by atoms with Crippen LogP contribution < -0.4 is 5.32 Å². The van der Waals surface area contributed by atoms with Crippen molar-refractivity contribution in [3.8, 4) is 0 Å². The van der Waals surface area contributed by atoms with E-state index in [-0.39, 0.29) is 6.04 Å². The van der Waals surface area contributed by atoms with Crippen molar-refractivity contribution in [2.75, 3.05) is 7.05 Å². The summed E-state index contributed by atoms with van der Waals surface area (Å²) in [6, 6.07) is 5.94. The minimum absolute atomic E-state index is 0.207. The van der Waals surface area contributed by atoms with Crippen molar-refractivity contribution in [3.63, 3.8) is 0 Å². The van der Waals surface area contributed by atoms with E-state index in [9.17, 15) is 0 Å². The first-order chi connectivity index (χ1) is 6.72. The van der Waals surface area contributed by atoms with Crippen LogP contribution >= 0.6 is 11.6 Å². The summed E-state index contributed by atoms with van der Waals surface area (Å²) in [4.78, 5) is 7.66. The number of nitrogens with zero attached hydrogens (tertiary/aromatic N) is 1. The van der Waals surface area contributed by atoms with Crippen molar-refractivity contribution < 1.29 is 0 Å². The van der Waals surface area contributed by atoms with Gasteiger partial charge in [-0.1, -0.05) is 17.7 Å². The zero-order valence-corrected chi connectivity index (χ0v) is 8.89. The van der Waals surface area contributed by atoms with Gasteiger partial charge in [0.25, 0.3) is 0 Å². The normalized spacial score (nSPS) is 13.4. The van der Waals surface area contributed by atoms with E-state index in [4.69, 9.17) is 11.6 Å². The number of rotatable bonds is 2. The van der Waals surface area contributed by atoms with E-state index in [2.05, 4.69) is 15.3 Å². The largest absolute Gasteiger partial charge is 0.341 e. The van der Waals surface area contributed by atoms with E-state index < -0.39 is 0 Å². The number of nitrogens with one attached hydrogen (secondary N) is 2. The molecule has 1 aromatic heterocycles. The molecule has 0 saturated carbocycles. The first kappa shape index (κ1) is 9.49. The van der Waals surface area contributed by atoms with Crippen LogP contribution in [0.5, 0.6) is 0 Å². The first-order valence-electron chi connectivity index (χ1n) is 4.53. The molecule has 2 aromatic rings. The SMILES string of the molecule is CNC(C)c1nc2c(Cl)cccc2[nH]1. The molecule has 14 heavy (non-hydrogen) atoms. The fraction of sp³-hybridized carbons (Fsp3) is 0.300. The molecule has 0 aliphatic heterocycles. The second-order valence-electron chi connectivity index (χ2n) is 3.27. The Morgan fingerprint density at radius 3 is 2.93 bits per heavy atom. The van der Waals surface area contributed by atoms with Crippen molar-refractivity contribution in [2.45, 2.75) is 13.0 Å². The van der Waals surface area contributed by atoms with Crippen LogP contribution in [0.1, 0.15) is 18.8 Å². The number of hydrogen-bond donors (Lipinski definition) is 2. The molecule has 0 aliphatic rings. The average molecular weight is 210 g/mol. The molecule has 1 heterocycles. The number of imidazole rings is 1. The summed E-state index contributed by atoms with van der Waals surface area (Å²) in [6.07, 6.45) is 0. The maximum Gasteiger partial charge on any atom is 0.124 e. The number of aromatic amines is 1. The minimum Gasteiger partial charge on any atom is -0.341 e. The zero-order valence-electron chi connectivity index (χ0n) is 8.13. The summed E-state index contributed by atoms with van der Waals surface area (Å²) in [5.41, 5.74) is 1.82. The molecule has 1 unspecified atom stereocenters. The van der Waals surface area contributed by atoms with Crippen molar-refractivity contribution >= 4 is 22.6 Å². The van der Waals surface area contributed by atoms with Gasteiger partial charge in [0, 0.05) is 0 Å². The Bertz CT molecular complexity index is 450. The second kappa shape index (κ2) is 3.59. The molecule has 0 spiro atoms. The lowest BCUT2D eigenvalue weighted by molar-refractivity contribution is 0.620. The summed E-state index contributed by atoms with van der Waals surface area (Å²) in [6.45, 7) is 2.05. The topological polar surface area (TPSA) is 40.7 Å². The third-order valence-corrected chi connectivity index (χ3v) is 2.63. The number of aromatic nitrogens is 2. The maximum atomic E-state index is 6.02. The molecule has 1 aromatic carbocycles. The van der Waals surface area contributed by atoms with Gasteiger partial charge in [-0.25, -0.2) is 4.98 Å². The van der Waals surface area contributed by atoms with Gasteiger partial charge < -0.3 is 10.3 Å². The molecule has 4 heteroatoms. The van der Waals surface area contributed by atoms with E-state index in [1.54, 1.807) is 0 Å². The van der Waals surface area contributed by atoms with Crippen LogP contribution in [-0.2, 0) is 0 Å². The van der Waals surface area contributed by atoms with Crippen molar-refractivity contribution in [2.24, 2.45) is 0 Å². The van der Waals surface area contributed by atoms with Crippen molar-refractivity contribution in [1.29, 1.82) is 0 Å². The van der Waals surface area contributed by atoms with Gasteiger partial charge >= 0.3 is 0 Å². The fourth-order valence-corrected chi connectivity index (χ4v) is 1.57. The molecular formula is C10H12ClN3. The first-order valence-corrected chi connectivity index (χ1v) is 4.91. The van der Waals surface area contributed by atoms with Crippen LogP contribution in [0.15, 0.2) is 18.2 Å². The predicted octanol–water partition coefficient (Wildman–Crippen LogP) is 2.50. The Hall–Kier alpha value is -1.06. The third-order valence-electron chi connectivity index (χ3n) is 2.32. The van der Waals surface area contributed by atoms with E-state index in [1.807, 2.05) is 32.2 Å². The number of para-hydroxylation sites is 1. The van der Waals surface area contributed by atoms with Crippen LogP contribution in [0.2, 0.25) is 5.02 Å². The highest BCUT2D eigenvalue weighted by Crippen LogP contribution is 2.22. The van der Waals surface area contributed by atoms with Crippen LogP contribution in [0, 0.1) is 0 Å². The maximum absolute atomic E-state index is 6.02. The van der Waals surface area contributed by atoms with Crippen LogP contribution in [0.25, 0.3) is 11.0 Å². The molecular weight excluding hydrogens is 198 g/mol. The van der Waals surface area contributed by atoms with Crippen molar-refractivity contribution in [1.82, 2.24) is 15.3 Å². The Balaban J connectivity index is 2.56. The predicted molar refractivity (Wildman–Crippen MR) is 58.6 cm³/mol. The molecule has 0 saturated heterocycles. The average Bonchev–Trinajstić information content (AvgIpc) is 2.62. The van der Waals surface area contributed by atoms with Gasteiger partial charge in [0.05, 0.1) is 16.6 Å². The number of H-pyrrole nitrogens is 1. The molecule has 0 fully saturated rings. The van der Waals surface area contributed by atoms with Crippen LogP contribution in [0.4, 0.5) is 0 Å². The number of halogens is 1. The monoisotopic (exact) mass is 209 g/mol. The molecule has 2 rings (SSSR count). The van der Waals surface area contributed by atoms with Gasteiger partial charge in [-0.3, -0.25) is 0 Å². The third kappa shape index (κ3) is 1.49. The highest BCUT2D eigenvalue weighted by atomic mass is 35.5. The molecule has 0 radical (unpaired) electrons. The fourth-order valence-electron chi connectivity index (χ4n) is 1.36. The lowest BCUT2D eigenvalue weighted by atomic mass is 10.3. The molecule has 0 amide bonds. The van der Waals surface area contributed by atoms with Crippen LogP contribution in [-0.4, -0.2) is 17.0 Å². The van der Waals surface area contributed by atoms with Crippen molar-refractivity contribution in [3.05, 3.63) is 29.0 Å². The second-order valence-corrected chi connectivity index (χ2v) is 3.68. The summed E-state index contributed by atoms with van der Waals surface area (Å²) < 4.78 is 0. The summed E-state index contributed by atoms with van der Waals surface area (Å²) in [5, 5.41) is 3.81. The lowest BCUT2D eigenvalue weighted by Gasteiger charge is -2.04. The van der Waals surface area contributed by atoms with E-state index >= 15 is 0 Å². The Kier molecular flexibility index (Phi) is 2.44. The van der Waals surface area contributed by atoms with Gasteiger partial charge in [-0.15, -0.1) is 0 Å². The summed E-state index contributed by atoms with van der Waals surface area (Å²) >= 11 is 6.02. The molecule has 3 nitrogen and oxygen atoms in total. The van der Waals surface area contributed by atoms with Gasteiger partial charge in [-0.05, 0) is 26.1 Å². The van der Waals surface area contributed by atoms with E-state index in [0.29, 0.717) is 5.02 Å².